The minimum atomic E-state index is -0.0452. The van der Waals surface area contributed by atoms with Crippen molar-refractivity contribution >= 4 is 40.3 Å². The molecule has 1 saturated heterocycles. The molecule has 0 aliphatic carbocycles. The van der Waals surface area contributed by atoms with E-state index in [-0.39, 0.29) is 18.0 Å². The average Bonchev–Trinajstić information content (AvgIpc) is 3.31. The summed E-state index contributed by atoms with van der Waals surface area (Å²) in [6, 6.07) is 15.8. The van der Waals surface area contributed by atoms with Crippen LogP contribution in [0.15, 0.2) is 60.1 Å². The summed E-state index contributed by atoms with van der Waals surface area (Å²) >= 11 is 7.39. The molecule has 2 N–H and O–H groups in total. The van der Waals surface area contributed by atoms with Crippen molar-refractivity contribution in [2.75, 3.05) is 11.9 Å². The third-order valence-corrected chi connectivity index (χ3v) is 6.73. The number of hydrogen-bond donors (Lipinski definition) is 2. The molecule has 1 aliphatic rings. The molecule has 2 aromatic heterocycles. The number of hydrogen-bond acceptors (Lipinski definition) is 4. The predicted octanol–water partition coefficient (Wildman–Crippen LogP) is 4.76. The Labute approximate surface area is 186 Å². The Morgan fingerprint density at radius 3 is 2.67 bits per heavy atom. The number of aromatic nitrogens is 1. The van der Waals surface area contributed by atoms with Crippen molar-refractivity contribution in [3.63, 3.8) is 0 Å². The highest BCUT2D eigenvalue weighted by molar-refractivity contribution is 7.80. The minimum Gasteiger partial charge on any atom is -0.352 e. The minimum absolute atomic E-state index is 0.0135. The fourth-order valence-corrected chi connectivity index (χ4v) is 5.11. The largest absolute Gasteiger partial charge is 0.352 e. The van der Waals surface area contributed by atoms with Gasteiger partial charge in [0.25, 0.3) is 0 Å². The zero-order valence-electron chi connectivity index (χ0n) is 17.0. The molecule has 1 aliphatic heterocycles. The summed E-state index contributed by atoms with van der Waals surface area (Å²) in [6.07, 6.45) is 2.15. The van der Waals surface area contributed by atoms with Gasteiger partial charge in [0.2, 0.25) is 5.91 Å². The Balaban J connectivity index is 1.52. The predicted molar refractivity (Wildman–Crippen MR) is 126 cm³/mol. The lowest BCUT2D eigenvalue weighted by Gasteiger charge is -2.27. The standard InChI is InChI=1S/C23H24N4OS2/c1-15-6-8-17(9-7-15)25-19(28)10-13-27-21(22-16(2)11-14-30-22)20(26-23(27)29)18-5-3-4-12-24-18/h3-9,11-12,14,20-21H,10,13H2,1-2H3,(H,25,28)(H,26,29)/t20-,21+/m1/s1. The molecule has 7 heteroatoms. The van der Waals surface area contributed by atoms with Gasteiger partial charge in [-0.05, 0) is 67.3 Å². The van der Waals surface area contributed by atoms with Gasteiger partial charge in [-0.3, -0.25) is 9.78 Å². The zero-order chi connectivity index (χ0) is 21.1. The number of amides is 1. The van der Waals surface area contributed by atoms with E-state index in [1.807, 2.05) is 49.4 Å². The van der Waals surface area contributed by atoms with Gasteiger partial charge in [-0.25, -0.2) is 0 Å². The molecule has 0 saturated carbocycles. The van der Waals surface area contributed by atoms with E-state index >= 15 is 0 Å². The van der Waals surface area contributed by atoms with Crippen LogP contribution in [0.25, 0.3) is 0 Å². The van der Waals surface area contributed by atoms with Gasteiger partial charge in [-0.1, -0.05) is 23.8 Å². The fraction of sp³-hybridized carbons (Fsp3) is 0.261. The third-order valence-electron chi connectivity index (χ3n) is 5.28. The number of thiocarbonyl (C=S) groups is 1. The van der Waals surface area contributed by atoms with E-state index in [4.69, 9.17) is 12.2 Å². The first-order valence-corrected chi connectivity index (χ1v) is 11.2. The van der Waals surface area contributed by atoms with E-state index in [9.17, 15) is 4.79 Å². The van der Waals surface area contributed by atoms with E-state index in [1.54, 1.807) is 17.5 Å². The van der Waals surface area contributed by atoms with Crippen LogP contribution in [0.5, 0.6) is 0 Å². The second-order valence-electron chi connectivity index (χ2n) is 7.45. The van der Waals surface area contributed by atoms with Crippen LogP contribution in [0.2, 0.25) is 0 Å². The molecule has 1 amide bonds. The summed E-state index contributed by atoms with van der Waals surface area (Å²) in [6.45, 7) is 4.68. The van der Waals surface area contributed by atoms with E-state index < -0.39 is 0 Å². The van der Waals surface area contributed by atoms with E-state index in [0.717, 1.165) is 16.9 Å². The number of carbonyl (C=O) groups is 1. The molecule has 0 radical (unpaired) electrons. The summed E-state index contributed by atoms with van der Waals surface area (Å²) in [4.78, 5) is 20.5. The lowest BCUT2D eigenvalue weighted by Crippen LogP contribution is -2.32. The normalized spacial score (nSPS) is 18.3. The number of benzene rings is 1. The van der Waals surface area contributed by atoms with Crippen LogP contribution in [0.3, 0.4) is 0 Å². The van der Waals surface area contributed by atoms with Gasteiger partial charge >= 0.3 is 0 Å². The molecule has 1 aromatic carbocycles. The quantitative estimate of drug-likeness (QED) is 0.546. The first kappa shape index (κ1) is 20.5. The van der Waals surface area contributed by atoms with Crippen LogP contribution < -0.4 is 10.6 Å². The van der Waals surface area contributed by atoms with Crippen LogP contribution in [-0.2, 0) is 4.79 Å². The first-order chi connectivity index (χ1) is 14.5. The Morgan fingerprint density at radius 2 is 2.00 bits per heavy atom. The summed E-state index contributed by atoms with van der Waals surface area (Å²) in [5.41, 5.74) is 4.15. The molecule has 30 heavy (non-hydrogen) atoms. The molecule has 3 aromatic rings. The van der Waals surface area contributed by atoms with Crippen molar-refractivity contribution < 1.29 is 4.79 Å². The van der Waals surface area contributed by atoms with Crippen LogP contribution in [0.4, 0.5) is 5.69 Å². The number of rotatable bonds is 6. The summed E-state index contributed by atoms with van der Waals surface area (Å²) in [5.74, 6) is -0.0235. The lowest BCUT2D eigenvalue weighted by molar-refractivity contribution is -0.116. The zero-order valence-corrected chi connectivity index (χ0v) is 18.6. The average molecular weight is 437 g/mol. The highest BCUT2D eigenvalue weighted by Crippen LogP contribution is 2.41. The monoisotopic (exact) mass is 436 g/mol. The molecule has 154 valence electrons. The molecule has 0 spiro atoms. The maximum Gasteiger partial charge on any atom is 0.226 e. The van der Waals surface area contributed by atoms with Crippen molar-refractivity contribution in [1.82, 2.24) is 15.2 Å². The Morgan fingerprint density at radius 1 is 1.20 bits per heavy atom. The van der Waals surface area contributed by atoms with Gasteiger partial charge in [0, 0.05) is 29.7 Å². The molecule has 3 heterocycles. The van der Waals surface area contributed by atoms with Crippen molar-refractivity contribution in [1.29, 1.82) is 0 Å². The van der Waals surface area contributed by atoms with Gasteiger partial charge in [0.15, 0.2) is 5.11 Å². The molecule has 4 rings (SSSR count). The van der Waals surface area contributed by atoms with Gasteiger partial charge in [0.1, 0.15) is 0 Å². The number of pyridine rings is 1. The first-order valence-electron chi connectivity index (χ1n) is 9.91. The highest BCUT2D eigenvalue weighted by Gasteiger charge is 2.40. The van der Waals surface area contributed by atoms with Crippen molar-refractivity contribution in [3.8, 4) is 0 Å². The van der Waals surface area contributed by atoms with Gasteiger partial charge in [-0.15, -0.1) is 11.3 Å². The summed E-state index contributed by atoms with van der Waals surface area (Å²) in [7, 11) is 0. The molecular weight excluding hydrogens is 412 g/mol. The Hall–Kier alpha value is -2.77. The van der Waals surface area contributed by atoms with Crippen LogP contribution in [0.1, 0.15) is 40.2 Å². The molecule has 2 atom stereocenters. The Bertz CT molecular complexity index is 1030. The number of anilines is 1. The van der Waals surface area contributed by atoms with E-state index in [1.165, 1.54) is 10.4 Å². The number of carbonyl (C=O) groups excluding carboxylic acids is 1. The van der Waals surface area contributed by atoms with Crippen LogP contribution >= 0.6 is 23.6 Å². The molecular formula is C23H24N4OS2. The maximum atomic E-state index is 12.6. The molecule has 5 nitrogen and oxygen atoms in total. The van der Waals surface area contributed by atoms with E-state index in [2.05, 4.69) is 38.9 Å². The molecule has 1 fully saturated rings. The molecule has 0 unspecified atom stereocenters. The maximum absolute atomic E-state index is 12.6. The third kappa shape index (κ3) is 4.37. The number of nitrogens with zero attached hydrogens (tertiary/aromatic N) is 2. The Kier molecular flexibility index (Phi) is 6.11. The van der Waals surface area contributed by atoms with Crippen LogP contribution in [0, 0.1) is 13.8 Å². The van der Waals surface area contributed by atoms with Gasteiger partial charge in [-0.2, -0.15) is 0 Å². The number of aryl methyl sites for hydroxylation is 2. The number of thiophene rings is 1. The van der Waals surface area contributed by atoms with Crippen LogP contribution in [-0.4, -0.2) is 27.4 Å². The topological polar surface area (TPSA) is 57.3 Å². The summed E-state index contributed by atoms with van der Waals surface area (Å²) in [5, 5.41) is 9.17. The van der Waals surface area contributed by atoms with Gasteiger partial charge in [0.05, 0.1) is 17.8 Å². The second-order valence-corrected chi connectivity index (χ2v) is 8.79. The van der Waals surface area contributed by atoms with Gasteiger partial charge < -0.3 is 15.5 Å². The second kappa shape index (κ2) is 8.93. The SMILES string of the molecule is Cc1ccc(NC(=O)CCN2C(=S)N[C@H](c3ccccn3)[C@H]2c2sccc2C)cc1. The summed E-state index contributed by atoms with van der Waals surface area (Å²) < 4.78 is 0. The van der Waals surface area contributed by atoms with E-state index in [0.29, 0.717) is 18.1 Å². The fourth-order valence-electron chi connectivity index (χ4n) is 3.70. The highest BCUT2D eigenvalue weighted by atomic mass is 32.1. The van der Waals surface area contributed by atoms with Crippen molar-refractivity contribution in [2.24, 2.45) is 0 Å². The van der Waals surface area contributed by atoms with Crippen molar-refractivity contribution in [3.05, 3.63) is 81.8 Å². The van der Waals surface area contributed by atoms with Crippen molar-refractivity contribution in [2.45, 2.75) is 32.4 Å². The lowest BCUT2D eigenvalue weighted by atomic mass is 10.0. The molecule has 0 bridgehead atoms. The number of nitrogens with one attached hydrogen (secondary N) is 2. The smallest absolute Gasteiger partial charge is 0.226 e.